The summed E-state index contributed by atoms with van der Waals surface area (Å²) >= 11 is 1.23. The maximum absolute atomic E-state index is 11.3. The molecule has 0 aliphatic carbocycles. The summed E-state index contributed by atoms with van der Waals surface area (Å²) in [5.74, 6) is -1.05. The number of carboxylic acids is 1. The predicted octanol–water partition coefficient (Wildman–Crippen LogP) is 1.18. The van der Waals surface area contributed by atoms with Crippen LogP contribution in [-0.2, 0) is 11.3 Å². The van der Waals surface area contributed by atoms with Gasteiger partial charge in [0.25, 0.3) is 0 Å². The Bertz CT molecular complexity index is 417. The first kappa shape index (κ1) is 10.9. The van der Waals surface area contributed by atoms with Crippen molar-refractivity contribution in [3.05, 3.63) is 16.1 Å². The summed E-state index contributed by atoms with van der Waals surface area (Å²) in [7, 11) is 0. The van der Waals surface area contributed by atoms with Crippen molar-refractivity contribution in [2.75, 3.05) is 13.2 Å². The van der Waals surface area contributed by atoms with Crippen LogP contribution in [0.2, 0.25) is 0 Å². The van der Waals surface area contributed by atoms with Gasteiger partial charge in [0.1, 0.15) is 5.01 Å². The monoisotopic (exact) mass is 242 g/mol. The minimum Gasteiger partial charge on any atom is -0.476 e. The summed E-state index contributed by atoms with van der Waals surface area (Å²) < 4.78 is 4.86. The van der Waals surface area contributed by atoms with Crippen LogP contribution in [0.1, 0.15) is 21.9 Å². The van der Waals surface area contributed by atoms with Crippen LogP contribution in [0.15, 0.2) is 5.38 Å². The summed E-state index contributed by atoms with van der Waals surface area (Å²) in [5, 5.41) is 10.8. The van der Waals surface area contributed by atoms with Gasteiger partial charge in [-0.15, -0.1) is 11.3 Å². The second-order valence-corrected chi connectivity index (χ2v) is 4.26. The van der Waals surface area contributed by atoms with Crippen molar-refractivity contribution >= 4 is 23.4 Å². The highest BCUT2D eigenvalue weighted by Crippen LogP contribution is 2.15. The van der Waals surface area contributed by atoms with Crippen molar-refractivity contribution < 1.29 is 19.4 Å². The van der Waals surface area contributed by atoms with Crippen molar-refractivity contribution in [3.8, 4) is 0 Å². The molecule has 1 aliphatic rings. The molecule has 1 N–H and O–H groups in total. The second kappa shape index (κ2) is 4.48. The summed E-state index contributed by atoms with van der Waals surface area (Å²) in [5.41, 5.74) is 0.0189. The van der Waals surface area contributed by atoms with E-state index in [4.69, 9.17) is 9.84 Å². The number of carbonyl (C=O) groups excluding carboxylic acids is 1. The average Bonchev–Trinajstić information content (AvgIpc) is 2.70. The molecule has 1 aliphatic heterocycles. The molecule has 1 aromatic heterocycles. The van der Waals surface area contributed by atoms with E-state index in [2.05, 4.69) is 4.98 Å². The first-order valence-electron chi connectivity index (χ1n) is 4.76. The zero-order chi connectivity index (χ0) is 11.5. The largest absolute Gasteiger partial charge is 0.476 e. The normalized spacial score (nSPS) is 16.0. The molecule has 16 heavy (non-hydrogen) atoms. The number of rotatable bonds is 3. The average molecular weight is 242 g/mol. The van der Waals surface area contributed by atoms with Crippen LogP contribution in [-0.4, -0.2) is 40.2 Å². The van der Waals surface area contributed by atoms with Crippen LogP contribution < -0.4 is 0 Å². The molecule has 6 nitrogen and oxygen atoms in total. The fourth-order valence-electron chi connectivity index (χ4n) is 1.39. The van der Waals surface area contributed by atoms with Crippen molar-refractivity contribution in [1.29, 1.82) is 0 Å². The van der Waals surface area contributed by atoms with Gasteiger partial charge >= 0.3 is 12.1 Å². The molecule has 0 aromatic carbocycles. The first-order chi connectivity index (χ1) is 7.66. The Morgan fingerprint density at radius 2 is 2.50 bits per heavy atom. The molecule has 86 valence electrons. The Hall–Kier alpha value is -1.63. The molecule has 0 atom stereocenters. The number of hydrogen-bond donors (Lipinski definition) is 1. The zero-order valence-electron chi connectivity index (χ0n) is 8.38. The lowest BCUT2D eigenvalue weighted by molar-refractivity contribution is 0.0690. The molecular weight excluding hydrogens is 232 g/mol. The number of carbonyl (C=O) groups is 2. The number of carboxylic acid groups (broad SMARTS) is 1. The maximum Gasteiger partial charge on any atom is 0.410 e. The standard InChI is InChI=1S/C9H10N2O4S/c12-8(13)6-5-16-7(10-6)4-11-2-1-3-15-9(11)14/h5H,1-4H2,(H,12,13). The zero-order valence-corrected chi connectivity index (χ0v) is 9.20. The third-order valence-corrected chi connectivity index (χ3v) is 2.99. The molecule has 0 unspecified atom stereocenters. The molecule has 1 aromatic rings. The smallest absolute Gasteiger partial charge is 0.410 e. The Balaban J connectivity index is 2.02. The van der Waals surface area contributed by atoms with Gasteiger partial charge in [-0.25, -0.2) is 14.6 Å². The first-order valence-corrected chi connectivity index (χ1v) is 5.64. The van der Waals surface area contributed by atoms with Gasteiger partial charge in [0.05, 0.1) is 13.2 Å². The molecule has 0 radical (unpaired) electrons. The molecule has 2 heterocycles. The quantitative estimate of drug-likeness (QED) is 0.861. The molecule has 1 fully saturated rings. The van der Waals surface area contributed by atoms with Gasteiger partial charge in [0.2, 0.25) is 0 Å². The molecule has 1 saturated heterocycles. The van der Waals surface area contributed by atoms with E-state index in [9.17, 15) is 9.59 Å². The Morgan fingerprint density at radius 3 is 3.12 bits per heavy atom. The highest BCUT2D eigenvalue weighted by Gasteiger charge is 2.21. The van der Waals surface area contributed by atoms with Gasteiger partial charge in [-0.3, -0.25) is 0 Å². The number of amides is 1. The van der Waals surface area contributed by atoms with Crippen LogP contribution in [0.4, 0.5) is 4.79 Å². The topological polar surface area (TPSA) is 79.7 Å². The summed E-state index contributed by atoms with van der Waals surface area (Å²) in [4.78, 5) is 27.3. The Kier molecular flexibility index (Phi) is 3.04. The number of nitrogens with zero attached hydrogens (tertiary/aromatic N) is 2. The minimum absolute atomic E-state index is 0.0189. The van der Waals surface area contributed by atoms with Gasteiger partial charge in [-0.1, -0.05) is 0 Å². The summed E-state index contributed by atoms with van der Waals surface area (Å²) in [6, 6.07) is 0. The van der Waals surface area contributed by atoms with E-state index in [1.54, 1.807) is 0 Å². The van der Waals surface area contributed by atoms with Crippen LogP contribution in [0.25, 0.3) is 0 Å². The van der Waals surface area contributed by atoms with Gasteiger partial charge in [-0.05, 0) is 6.42 Å². The van der Waals surface area contributed by atoms with Gasteiger partial charge in [0, 0.05) is 11.9 Å². The second-order valence-electron chi connectivity index (χ2n) is 3.32. The molecule has 0 bridgehead atoms. The fourth-order valence-corrected chi connectivity index (χ4v) is 2.17. The molecule has 1 amide bonds. The molecule has 2 rings (SSSR count). The van der Waals surface area contributed by atoms with Gasteiger partial charge < -0.3 is 14.7 Å². The summed E-state index contributed by atoms with van der Waals surface area (Å²) in [6.07, 6.45) is 0.432. The van der Waals surface area contributed by atoms with Gasteiger partial charge in [-0.2, -0.15) is 0 Å². The summed E-state index contributed by atoms with van der Waals surface area (Å²) in [6.45, 7) is 1.39. The number of hydrogen-bond acceptors (Lipinski definition) is 5. The minimum atomic E-state index is -1.05. The predicted molar refractivity (Wildman–Crippen MR) is 55.4 cm³/mol. The van der Waals surface area contributed by atoms with Crippen LogP contribution in [0, 0.1) is 0 Å². The molecule has 7 heteroatoms. The van der Waals surface area contributed by atoms with E-state index in [-0.39, 0.29) is 11.8 Å². The van der Waals surface area contributed by atoms with Crippen molar-refractivity contribution in [2.24, 2.45) is 0 Å². The van der Waals surface area contributed by atoms with E-state index in [0.717, 1.165) is 6.42 Å². The fraction of sp³-hybridized carbons (Fsp3) is 0.444. The van der Waals surface area contributed by atoms with Gasteiger partial charge in [0.15, 0.2) is 5.69 Å². The Morgan fingerprint density at radius 1 is 1.69 bits per heavy atom. The van der Waals surface area contributed by atoms with Crippen molar-refractivity contribution in [1.82, 2.24) is 9.88 Å². The van der Waals surface area contributed by atoms with Crippen LogP contribution in [0.5, 0.6) is 0 Å². The number of cyclic esters (lactones) is 1. The number of ether oxygens (including phenoxy) is 1. The lowest BCUT2D eigenvalue weighted by Crippen LogP contribution is -2.37. The lowest BCUT2D eigenvalue weighted by Gasteiger charge is -2.25. The number of aromatic carboxylic acids is 1. The SMILES string of the molecule is O=C(O)c1csc(CN2CCCOC2=O)n1. The Labute approximate surface area is 95.5 Å². The highest BCUT2D eigenvalue weighted by atomic mass is 32.1. The molecular formula is C9H10N2O4S. The number of aromatic nitrogens is 1. The van der Waals surface area contributed by atoms with E-state index >= 15 is 0 Å². The molecule has 0 spiro atoms. The highest BCUT2D eigenvalue weighted by molar-refractivity contribution is 7.09. The van der Waals surface area contributed by atoms with Crippen molar-refractivity contribution in [2.45, 2.75) is 13.0 Å². The number of thiazole rings is 1. The van der Waals surface area contributed by atoms with Crippen molar-refractivity contribution in [3.63, 3.8) is 0 Å². The maximum atomic E-state index is 11.3. The van der Waals surface area contributed by atoms with E-state index in [1.807, 2.05) is 0 Å². The van der Waals surface area contributed by atoms with E-state index in [1.165, 1.54) is 21.6 Å². The third-order valence-electron chi connectivity index (χ3n) is 2.15. The van der Waals surface area contributed by atoms with Crippen LogP contribution >= 0.6 is 11.3 Å². The third kappa shape index (κ3) is 2.30. The molecule has 0 saturated carbocycles. The van der Waals surface area contributed by atoms with E-state index in [0.29, 0.717) is 24.7 Å². The lowest BCUT2D eigenvalue weighted by atomic mass is 10.3. The van der Waals surface area contributed by atoms with Crippen LogP contribution in [0.3, 0.4) is 0 Å². The van der Waals surface area contributed by atoms with E-state index < -0.39 is 5.97 Å².